The van der Waals surface area contributed by atoms with Gasteiger partial charge in [-0.2, -0.15) is 0 Å². The van der Waals surface area contributed by atoms with Crippen molar-refractivity contribution in [3.05, 3.63) is 53.6 Å². The molecule has 0 atom stereocenters. The Morgan fingerprint density at radius 1 is 1.12 bits per heavy atom. The molecule has 1 aliphatic carbocycles. The van der Waals surface area contributed by atoms with E-state index in [4.69, 9.17) is 4.98 Å². The molecular weight excluding hydrogens is 350 g/mol. The van der Waals surface area contributed by atoms with Gasteiger partial charge < -0.3 is 0 Å². The third kappa shape index (κ3) is 3.80. The third-order valence-electron chi connectivity index (χ3n) is 4.31. The minimum absolute atomic E-state index is 0.0601. The van der Waals surface area contributed by atoms with Crippen molar-refractivity contribution in [2.24, 2.45) is 0 Å². The number of fused-ring (bicyclic) bond motifs is 3. The van der Waals surface area contributed by atoms with Crippen molar-refractivity contribution in [2.75, 3.05) is 11.2 Å². The summed E-state index contributed by atoms with van der Waals surface area (Å²) in [6.07, 6.45) is 4.76. The van der Waals surface area contributed by atoms with Crippen molar-refractivity contribution in [3.8, 4) is 0 Å². The van der Waals surface area contributed by atoms with Crippen molar-refractivity contribution in [1.29, 1.82) is 0 Å². The van der Waals surface area contributed by atoms with Gasteiger partial charge >= 0.3 is 0 Å². The molecule has 0 aliphatic heterocycles. The van der Waals surface area contributed by atoms with Gasteiger partial charge in [-0.15, -0.1) is 11.8 Å². The molecule has 128 valence electrons. The topological polar surface area (TPSA) is 54.0 Å². The second-order valence-electron chi connectivity index (χ2n) is 6.05. The fourth-order valence-electron chi connectivity index (χ4n) is 3.10. The lowest BCUT2D eigenvalue weighted by Crippen LogP contribution is -2.30. The van der Waals surface area contributed by atoms with Crippen molar-refractivity contribution in [1.82, 2.24) is 10.4 Å². The van der Waals surface area contributed by atoms with Crippen LogP contribution in [-0.4, -0.2) is 16.6 Å². The van der Waals surface area contributed by atoms with Crippen LogP contribution in [0.2, 0.25) is 0 Å². The fraction of sp³-hybridized carbons (Fsp3) is 0.263. The predicted molar refractivity (Wildman–Crippen MR) is 105 cm³/mol. The van der Waals surface area contributed by atoms with Crippen LogP contribution in [0.3, 0.4) is 0 Å². The van der Waals surface area contributed by atoms with Gasteiger partial charge in [-0.25, -0.2) is 4.98 Å². The Hall–Kier alpha value is -2.05. The van der Waals surface area contributed by atoms with Crippen LogP contribution in [0, 0.1) is 0 Å². The van der Waals surface area contributed by atoms with Gasteiger partial charge in [0.1, 0.15) is 0 Å². The number of thioether (sulfide) groups is 1. The van der Waals surface area contributed by atoms with E-state index in [1.54, 1.807) is 11.3 Å². The number of nitrogens with one attached hydrogen (secondary N) is 2. The summed E-state index contributed by atoms with van der Waals surface area (Å²) >= 11 is 3.10. The van der Waals surface area contributed by atoms with Gasteiger partial charge in [-0.1, -0.05) is 35.6 Å². The Labute approximate surface area is 155 Å². The van der Waals surface area contributed by atoms with E-state index in [2.05, 4.69) is 23.0 Å². The normalized spacial score (nSPS) is 13.4. The maximum Gasteiger partial charge on any atom is 0.248 e. The molecule has 0 bridgehead atoms. The van der Waals surface area contributed by atoms with Crippen molar-refractivity contribution < 1.29 is 4.79 Å². The highest BCUT2D eigenvalue weighted by molar-refractivity contribution is 8.00. The molecular formula is C19H19N3OS2. The molecule has 0 radical (unpaired) electrons. The molecule has 0 saturated heterocycles. The molecule has 1 aliphatic rings. The zero-order valence-corrected chi connectivity index (χ0v) is 15.4. The van der Waals surface area contributed by atoms with E-state index in [1.807, 2.05) is 30.3 Å². The van der Waals surface area contributed by atoms with Gasteiger partial charge in [-0.05, 0) is 55.0 Å². The molecule has 4 nitrogen and oxygen atoms in total. The molecule has 0 unspecified atom stereocenters. The maximum atomic E-state index is 12.0. The monoisotopic (exact) mass is 369 g/mol. The lowest BCUT2D eigenvalue weighted by molar-refractivity contribution is -0.118. The summed E-state index contributed by atoms with van der Waals surface area (Å²) in [7, 11) is 0. The van der Waals surface area contributed by atoms with Crippen LogP contribution in [0.5, 0.6) is 0 Å². The zero-order valence-electron chi connectivity index (χ0n) is 13.7. The van der Waals surface area contributed by atoms with E-state index in [0.717, 1.165) is 28.4 Å². The molecule has 1 amide bonds. The number of hydrogen-bond acceptors (Lipinski definition) is 5. The number of aromatic nitrogens is 1. The first kappa shape index (κ1) is 16.4. The molecule has 1 heterocycles. The number of hydrazine groups is 1. The van der Waals surface area contributed by atoms with Gasteiger partial charge in [0.2, 0.25) is 11.0 Å². The highest BCUT2D eigenvalue weighted by Gasteiger charge is 2.15. The first-order valence-corrected chi connectivity index (χ1v) is 10.2. The van der Waals surface area contributed by atoms with Crippen LogP contribution in [-0.2, 0) is 17.6 Å². The quantitative estimate of drug-likeness (QED) is 0.517. The van der Waals surface area contributed by atoms with Crippen LogP contribution >= 0.6 is 23.1 Å². The summed E-state index contributed by atoms with van der Waals surface area (Å²) in [5, 5.41) is 0.743. The second kappa shape index (κ2) is 7.45. The molecule has 1 aromatic heterocycles. The van der Waals surface area contributed by atoms with E-state index < -0.39 is 0 Å². The number of aryl methyl sites for hydroxylation is 2. The second-order valence-corrected chi connectivity index (χ2v) is 8.13. The number of thiazole rings is 1. The average Bonchev–Trinajstić information content (AvgIpc) is 3.09. The van der Waals surface area contributed by atoms with Gasteiger partial charge in [-0.3, -0.25) is 15.6 Å². The number of carbonyl (C=O) groups excluding carboxylic acids is 1. The smallest absolute Gasteiger partial charge is 0.248 e. The van der Waals surface area contributed by atoms with Gasteiger partial charge in [0.25, 0.3) is 0 Å². The number of nitrogens with zero attached hydrogens (tertiary/aromatic N) is 1. The number of rotatable bonds is 5. The minimum Gasteiger partial charge on any atom is -0.273 e. The number of anilines is 1. The third-order valence-corrected chi connectivity index (χ3v) is 6.26. The molecule has 2 aromatic carbocycles. The molecule has 4 rings (SSSR count). The Morgan fingerprint density at radius 3 is 2.84 bits per heavy atom. The van der Waals surface area contributed by atoms with E-state index in [0.29, 0.717) is 5.75 Å². The summed E-state index contributed by atoms with van der Waals surface area (Å²) in [6.45, 7) is 0. The van der Waals surface area contributed by atoms with Crippen LogP contribution in [0.1, 0.15) is 24.0 Å². The number of carbonyl (C=O) groups is 1. The molecule has 2 N–H and O–H groups in total. The van der Waals surface area contributed by atoms with Crippen LogP contribution in [0.25, 0.3) is 10.2 Å². The Balaban J connectivity index is 1.38. The summed E-state index contributed by atoms with van der Waals surface area (Å²) < 4.78 is 1.18. The summed E-state index contributed by atoms with van der Waals surface area (Å²) in [5.41, 5.74) is 9.63. The van der Waals surface area contributed by atoms with Gasteiger partial charge in [0.15, 0.2) is 0 Å². The lowest BCUT2D eigenvalue weighted by atomic mass is 9.91. The Kier molecular flexibility index (Phi) is 4.90. The number of amides is 1. The summed E-state index contributed by atoms with van der Waals surface area (Å²) in [6, 6.07) is 14.3. The van der Waals surface area contributed by atoms with E-state index >= 15 is 0 Å². The van der Waals surface area contributed by atoms with Gasteiger partial charge in [0.05, 0.1) is 16.0 Å². The van der Waals surface area contributed by atoms with E-state index in [1.165, 1.54) is 40.4 Å². The summed E-state index contributed by atoms with van der Waals surface area (Å²) in [4.78, 5) is 17.8. The fourth-order valence-corrected chi connectivity index (χ4v) is 4.67. The van der Waals surface area contributed by atoms with Gasteiger partial charge in [0, 0.05) is 4.90 Å². The largest absolute Gasteiger partial charge is 0.273 e. The van der Waals surface area contributed by atoms with Crippen LogP contribution in [0.15, 0.2) is 47.4 Å². The molecule has 3 aromatic rings. The van der Waals surface area contributed by atoms with Crippen molar-refractivity contribution in [2.45, 2.75) is 30.6 Å². The Morgan fingerprint density at radius 2 is 1.96 bits per heavy atom. The molecule has 6 heteroatoms. The van der Waals surface area contributed by atoms with Crippen LogP contribution in [0.4, 0.5) is 5.13 Å². The standard InChI is InChI=1S/C19H19N3OS2/c23-17(12-24-14-7-2-1-3-8-14)21-22-19-20-18-15-9-5-4-6-13(15)10-11-16(18)25-19/h1-3,7-8,10-11H,4-6,9,12H2,(H,20,22)(H,21,23). The van der Waals surface area contributed by atoms with E-state index in [-0.39, 0.29) is 5.91 Å². The zero-order chi connectivity index (χ0) is 17.1. The van der Waals surface area contributed by atoms with Crippen LogP contribution < -0.4 is 10.9 Å². The molecule has 0 fully saturated rings. The summed E-state index contributed by atoms with van der Waals surface area (Å²) in [5.74, 6) is 0.312. The SMILES string of the molecule is O=C(CSc1ccccc1)NNc1nc2c3c(ccc2s1)CCCC3. The predicted octanol–water partition coefficient (Wildman–Crippen LogP) is 4.41. The van der Waals surface area contributed by atoms with E-state index in [9.17, 15) is 4.79 Å². The van der Waals surface area contributed by atoms with Crippen molar-refractivity contribution >= 4 is 44.4 Å². The average molecular weight is 370 g/mol. The first-order valence-electron chi connectivity index (χ1n) is 8.43. The molecule has 25 heavy (non-hydrogen) atoms. The minimum atomic E-state index is -0.0601. The Bertz CT molecular complexity index is 892. The molecule has 0 saturated carbocycles. The van der Waals surface area contributed by atoms with Crippen molar-refractivity contribution in [3.63, 3.8) is 0 Å². The maximum absolute atomic E-state index is 12.0. The lowest BCUT2D eigenvalue weighted by Gasteiger charge is -2.15. The highest BCUT2D eigenvalue weighted by Crippen LogP contribution is 2.33. The molecule has 0 spiro atoms. The highest BCUT2D eigenvalue weighted by atomic mass is 32.2. The number of benzene rings is 2. The first-order chi connectivity index (χ1) is 12.3. The number of hydrogen-bond donors (Lipinski definition) is 2.